The fourth-order valence-electron chi connectivity index (χ4n) is 1.66. The zero-order chi connectivity index (χ0) is 14.4. The molecule has 8 heteroatoms. The Kier molecular flexibility index (Phi) is 8.29. The van der Waals surface area contributed by atoms with Crippen LogP contribution in [0.2, 0.25) is 5.02 Å². The Morgan fingerprint density at radius 1 is 1.19 bits per heavy atom. The first-order valence-corrected chi connectivity index (χ1v) is 7.97. The van der Waals surface area contributed by atoms with Crippen molar-refractivity contribution in [2.24, 2.45) is 5.73 Å². The second-order valence-corrected chi connectivity index (χ2v) is 5.76. The predicted octanol–water partition coefficient (Wildman–Crippen LogP) is 3.87. The van der Waals surface area contributed by atoms with Crippen molar-refractivity contribution in [1.29, 1.82) is 0 Å². The van der Waals surface area contributed by atoms with E-state index < -0.39 is 0 Å². The molecular formula is C13H15Cl3N4S. The molecule has 0 saturated heterocycles. The molecule has 0 aliphatic heterocycles. The number of hydrogen-bond donors (Lipinski definition) is 1. The third kappa shape index (κ3) is 5.27. The van der Waals surface area contributed by atoms with Gasteiger partial charge in [-0.15, -0.1) is 24.0 Å². The van der Waals surface area contributed by atoms with Crippen molar-refractivity contribution in [3.63, 3.8) is 0 Å². The predicted molar refractivity (Wildman–Crippen MR) is 90.4 cm³/mol. The van der Waals surface area contributed by atoms with Gasteiger partial charge in [-0.2, -0.15) is 0 Å². The van der Waals surface area contributed by atoms with Gasteiger partial charge in [-0.3, -0.25) is 4.98 Å². The number of aromatic nitrogens is 3. The lowest BCUT2D eigenvalue weighted by Gasteiger charge is -2.14. The summed E-state index contributed by atoms with van der Waals surface area (Å²) in [6.45, 7) is 0. The molecule has 114 valence electrons. The molecule has 21 heavy (non-hydrogen) atoms. The normalized spacial score (nSPS) is 11.8. The van der Waals surface area contributed by atoms with E-state index in [0.717, 1.165) is 11.3 Å². The average Bonchev–Trinajstić information content (AvgIpc) is 2.47. The fourth-order valence-corrected chi connectivity index (χ4v) is 3.05. The summed E-state index contributed by atoms with van der Waals surface area (Å²) in [6, 6.07) is 3.45. The molecule has 0 amide bonds. The maximum atomic E-state index is 6.37. The van der Waals surface area contributed by atoms with Crippen LogP contribution in [-0.4, -0.2) is 20.8 Å². The minimum Gasteiger partial charge on any atom is -0.324 e. The standard InChI is InChI=1S/C13H14Cl2N4S.ClH/c14-4-2-10(16)9-3-7-17-11(12(9)15)8-20-13-18-5-1-6-19-13;/h1,3,5-7,10H,2,4,8,16H2;1H. The summed E-state index contributed by atoms with van der Waals surface area (Å²) in [5.74, 6) is 1.10. The van der Waals surface area contributed by atoms with Crippen LogP contribution >= 0.6 is 47.4 Å². The van der Waals surface area contributed by atoms with Crippen LogP contribution in [0.1, 0.15) is 23.7 Å². The summed E-state index contributed by atoms with van der Waals surface area (Å²) in [5, 5.41) is 1.30. The molecule has 0 spiro atoms. The number of thioether (sulfide) groups is 1. The largest absolute Gasteiger partial charge is 0.324 e. The van der Waals surface area contributed by atoms with Gasteiger partial charge in [0, 0.05) is 36.3 Å². The number of nitrogens with zero attached hydrogens (tertiary/aromatic N) is 3. The number of pyridine rings is 1. The minimum atomic E-state index is -0.167. The molecule has 0 radical (unpaired) electrons. The summed E-state index contributed by atoms with van der Waals surface area (Å²) in [7, 11) is 0. The molecule has 0 aliphatic carbocycles. The first-order chi connectivity index (χ1) is 9.72. The highest BCUT2D eigenvalue weighted by molar-refractivity contribution is 7.98. The van der Waals surface area contributed by atoms with Gasteiger partial charge in [-0.1, -0.05) is 23.4 Å². The molecule has 0 saturated carbocycles. The van der Waals surface area contributed by atoms with E-state index in [1.165, 1.54) is 11.8 Å². The second kappa shape index (κ2) is 9.43. The van der Waals surface area contributed by atoms with Crippen LogP contribution in [0.25, 0.3) is 0 Å². The molecule has 2 aromatic rings. The van der Waals surface area contributed by atoms with E-state index in [9.17, 15) is 0 Å². The van der Waals surface area contributed by atoms with E-state index in [0.29, 0.717) is 28.2 Å². The van der Waals surface area contributed by atoms with Gasteiger partial charge in [0.15, 0.2) is 5.16 Å². The number of hydrogen-bond acceptors (Lipinski definition) is 5. The molecule has 2 aromatic heterocycles. The summed E-state index contributed by atoms with van der Waals surface area (Å²) >= 11 is 13.6. The Morgan fingerprint density at radius 3 is 2.57 bits per heavy atom. The topological polar surface area (TPSA) is 64.7 Å². The van der Waals surface area contributed by atoms with Gasteiger partial charge in [-0.25, -0.2) is 9.97 Å². The number of halogens is 3. The quantitative estimate of drug-likeness (QED) is 0.478. The highest BCUT2D eigenvalue weighted by atomic mass is 35.5. The van der Waals surface area contributed by atoms with E-state index in [4.69, 9.17) is 28.9 Å². The van der Waals surface area contributed by atoms with Crippen molar-refractivity contribution in [1.82, 2.24) is 15.0 Å². The summed E-state index contributed by atoms with van der Waals surface area (Å²) < 4.78 is 0. The SMILES string of the molecule is Cl.NC(CCCl)c1ccnc(CSc2ncccn2)c1Cl. The van der Waals surface area contributed by atoms with Crippen molar-refractivity contribution < 1.29 is 0 Å². The van der Waals surface area contributed by atoms with Crippen LogP contribution in [0.3, 0.4) is 0 Å². The Labute approximate surface area is 144 Å². The molecule has 0 aromatic carbocycles. The molecule has 2 rings (SSSR count). The Hall–Kier alpha value is -0.590. The molecule has 0 aliphatic rings. The monoisotopic (exact) mass is 364 g/mol. The van der Waals surface area contributed by atoms with Crippen LogP contribution in [0, 0.1) is 0 Å². The van der Waals surface area contributed by atoms with Crippen molar-refractivity contribution in [2.45, 2.75) is 23.4 Å². The van der Waals surface area contributed by atoms with Gasteiger partial charge in [0.2, 0.25) is 0 Å². The van der Waals surface area contributed by atoms with E-state index in [2.05, 4.69) is 15.0 Å². The zero-order valence-electron chi connectivity index (χ0n) is 11.1. The third-order valence-electron chi connectivity index (χ3n) is 2.69. The van der Waals surface area contributed by atoms with Gasteiger partial charge in [0.1, 0.15) is 0 Å². The van der Waals surface area contributed by atoms with Crippen LogP contribution in [-0.2, 0) is 5.75 Å². The zero-order valence-corrected chi connectivity index (χ0v) is 14.2. The summed E-state index contributed by atoms with van der Waals surface area (Å²) in [5.41, 5.74) is 7.72. The maximum absolute atomic E-state index is 6.37. The molecule has 2 heterocycles. The summed E-state index contributed by atoms with van der Waals surface area (Å²) in [4.78, 5) is 12.6. The van der Waals surface area contributed by atoms with Gasteiger partial charge in [-0.05, 0) is 24.1 Å². The van der Waals surface area contributed by atoms with Gasteiger partial charge < -0.3 is 5.73 Å². The van der Waals surface area contributed by atoms with E-state index in [1.54, 1.807) is 24.7 Å². The first kappa shape index (κ1) is 18.5. The first-order valence-electron chi connectivity index (χ1n) is 6.07. The van der Waals surface area contributed by atoms with Crippen LogP contribution < -0.4 is 5.73 Å². The second-order valence-electron chi connectivity index (χ2n) is 4.07. The van der Waals surface area contributed by atoms with Crippen molar-refractivity contribution >= 4 is 47.4 Å². The Bertz CT molecular complexity index is 556. The Balaban J connectivity index is 0.00000220. The average molecular weight is 366 g/mol. The molecule has 4 nitrogen and oxygen atoms in total. The van der Waals surface area contributed by atoms with Gasteiger partial charge in [0.05, 0.1) is 10.7 Å². The fraction of sp³-hybridized carbons (Fsp3) is 0.308. The lowest BCUT2D eigenvalue weighted by Crippen LogP contribution is -2.12. The van der Waals surface area contributed by atoms with Crippen LogP contribution in [0.15, 0.2) is 35.9 Å². The molecule has 1 unspecified atom stereocenters. The number of alkyl halides is 1. The highest BCUT2D eigenvalue weighted by Crippen LogP contribution is 2.29. The lowest BCUT2D eigenvalue weighted by molar-refractivity contribution is 0.700. The molecule has 0 fully saturated rings. The van der Waals surface area contributed by atoms with Crippen molar-refractivity contribution in [3.05, 3.63) is 47.0 Å². The maximum Gasteiger partial charge on any atom is 0.187 e. The van der Waals surface area contributed by atoms with E-state index in [1.807, 2.05) is 6.07 Å². The Morgan fingerprint density at radius 2 is 1.90 bits per heavy atom. The molecule has 1 atom stereocenters. The summed E-state index contributed by atoms with van der Waals surface area (Å²) in [6.07, 6.45) is 5.81. The third-order valence-corrected chi connectivity index (χ3v) is 4.23. The number of nitrogens with two attached hydrogens (primary N) is 1. The van der Waals surface area contributed by atoms with Crippen LogP contribution in [0.4, 0.5) is 0 Å². The van der Waals surface area contributed by atoms with Crippen molar-refractivity contribution in [2.75, 3.05) is 5.88 Å². The lowest BCUT2D eigenvalue weighted by atomic mass is 10.1. The van der Waals surface area contributed by atoms with Gasteiger partial charge >= 0.3 is 0 Å². The molecule has 2 N–H and O–H groups in total. The molecule has 0 bridgehead atoms. The van der Waals surface area contributed by atoms with E-state index in [-0.39, 0.29) is 18.4 Å². The number of rotatable bonds is 6. The highest BCUT2D eigenvalue weighted by Gasteiger charge is 2.14. The van der Waals surface area contributed by atoms with Crippen molar-refractivity contribution in [3.8, 4) is 0 Å². The van der Waals surface area contributed by atoms with Crippen LogP contribution in [0.5, 0.6) is 0 Å². The molecular weight excluding hydrogens is 351 g/mol. The smallest absolute Gasteiger partial charge is 0.187 e. The minimum absolute atomic E-state index is 0. The van der Waals surface area contributed by atoms with Gasteiger partial charge in [0.25, 0.3) is 0 Å². The van der Waals surface area contributed by atoms with E-state index >= 15 is 0 Å².